The highest BCUT2D eigenvalue weighted by atomic mass is 15.0. The van der Waals surface area contributed by atoms with Crippen LogP contribution in [0, 0.1) is 0 Å². The molecule has 12 N–H and O–H groups in total. The van der Waals surface area contributed by atoms with Gasteiger partial charge in [0.25, 0.3) is 0 Å². The van der Waals surface area contributed by atoms with Gasteiger partial charge in [-0.05, 0) is 32.4 Å². The van der Waals surface area contributed by atoms with Gasteiger partial charge < -0.3 is 34.4 Å². The highest BCUT2D eigenvalue weighted by molar-refractivity contribution is 5.03. The lowest BCUT2D eigenvalue weighted by molar-refractivity contribution is 0.267. The van der Waals surface area contributed by atoms with Gasteiger partial charge in [0.2, 0.25) is 0 Å². The highest BCUT2D eigenvalue weighted by Gasteiger charge is 2.36. The number of nitrogens with two attached hydrogens (primary N) is 6. The van der Waals surface area contributed by atoms with Gasteiger partial charge in [0.15, 0.2) is 0 Å². The second kappa shape index (κ2) is 8.79. The summed E-state index contributed by atoms with van der Waals surface area (Å²) in [6.07, 6.45) is 4.56. The molecule has 17 heavy (non-hydrogen) atoms. The average Bonchev–Trinajstić information content (AvgIpc) is 2.33. The summed E-state index contributed by atoms with van der Waals surface area (Å²) in [5.41, 5.74) is 34.3. The Hall–Kier alpha value is -0.240. The Labute approximate surface area is 104 Å². The van der Waals surface area contributed by atoms with Crippen LogP contribution in [0.15, 0.2) is 0 Å². The van der Waals surface area contributed by atoms with Gasteiger partial charge in [-0.3, -0.25) is 0 Å². The molecule has 0 amide bonds. The first-order valence-corrected chi connectivity index (χ1v) is 6.43. The number of hydrogen-bond donors (Lipinski definition) is 6. The fraction of sp³-hybridized carbons (Fsp3) is 1.00. The molecule has 0 aliphatic rings. The van der Waals surface area contributed by atoms with Crippen molar-refractivity contribution < 1.29 is 0 Å². The normalized spacial score (nSPS) is 18.7. The Morgan fingerprint density at radius 3 is 1.82 bits per heavy atom. The lowest BCUT2D eigenvalue weighted by atomic mass is 9.80. The van der Waals surface area contributed by atoms with Crippen LogP contribution in [0.2, 0.25) is 0 Å². The minimum atomic E-state index is -0.720. The van der Waals surface area contributed by atoms with Crippen LogP contribution in [0.4, 0.5) is 0 Å². The molecule has 0 bridgehead atoms. The third kappa shape index (κ3) is 5.29. The van der Waals surface area contributed by atoms with E-state index in [4.69, 9.17) is 34.4 Å². The van der Waals surface area contributed by atoms with E-state index in [9.17, 15) is 0 Å². The van der Waals surface area contributed by atoms with E-state index in [1.165, 1.54) is 0 Å². The van der Waals surface area contributed by atoms with Crippen LogP contribution < -0.4 is 34.4 Å². The lowest BCUT2D eigenvalue weighted by Gasteiger charge is -2.39. The fourth-order valence-corrected chi connectivity index (χ4v) is 1.98. The van der Waals surface area contributed by atoms with Crippen molar-refractivity contribution in [2.45, 2.75) is 49.7 Å². The Bertz CT molecular complexity index is 189. The van der Waals surface area contributed by atoms with Gasteiger partial charge in [-0.2, -0.15) is 0 Å². The molecule has 0 heterocycles. The Kier molecular flexibility index (Phi) is 8.67. The predicted molar refractivity (Wildman–Crippen MR) is 73.1 cm³/mol. The molecule has 0 saturated heterocycles. The minimum absolute atomic E-state index is 0.188. The zero-order valence-corrected chi connectivity index (χ0v) is 10.8. The van der Waals surface area contributed by atoms with E-state index in [0.29, 0.717) is 19.5 Å². The monoisotopic (exact) mass is 246 g/mol. The van der Waals surface area contributed by atoms with E-state index in [1.54, 1.807) is 0 Å². The molecule has 0 aliphatic heterocycles. The Morgan fingerprint density at radius 1 is 0.765 bits per heavy atom. The quantitative estimate of drug-likeness (QED) is 0.249. The maximum atomic E-state index is 6.23. The molecular weight excluding hydrogens is 216 g/mol. The van der Waals surface area contributed by atoms with E-state index in [1.807, 2.05) is 0 Å². The molecule has 6 heteroatoms. The third-order valence-electron chi connectivity index (χ3n) is 3.43. The van der Waals surface area contributed by atoms with E-state index in [-0.39, 0.29) is 18.6 Å². The van der Waals surface area contributed by atoms with Gasteiger partial charge in [0, 0.05) is 18.6 Å². The summed E-state index contributed by atoms with van der Waals surface area (Å²) < 4.78 is 0. The topological polar surface area (TPSA) is 156 Å². The molecule has 0 saturated carbocycles. The van der Waals surface area contributed by atoms with Crippen LogP contribution in [-0.2, 0) is 0 Å². The van der Waals surface area contributed by atoms with Gasteiger partial charge in [-0.25, -0.2) is 0 Å². The molecule has 3 unspecified atom stereocenters. The zero-order valence-electron chi connectivity index (χ0n) is 10.8. The van der Waals surface area contributed by atoms with Crippen molar-refractivity contribution >= 4 is 0 Å². The van der Waals surface area contributed by atoms with Crippen LogP contribution in [0.1, 0.15) is 32.1 Å². The van der Waals surface area contributed by atoms with E-state index >= 15 is 0 Å². The molecule has 3 atom stereocenters. The van der Waals surface area contributed by atoms with E-state index in [0.717, 1.165) is 25.7 Å². The van der Waals surface area contributed by atoms with Crippen molar-refractivity contribution in [3.8, 4) is 0 Å². The van der Waals surface area contributed by atoms with Crippen molar-refractivity contribution in [2.24, 2.45) is 34.4 Å². The summed E-state index contributed by atoms with van der Waals surface area (Å²) in [4.78, 5) is 0. The smallest absolute Gasteiger partial charge is 0.0585 e. The molecule has 0 aromatic rings. The first-order chi connectivity index (χ1) is 8.02. The largest absolute Gasteiger partial charge is 0.330 e. The van der Waals surface area contributed by atoms with Gasteiger partial charge in [-0.15, -0.1) is 0 Å². The van der Waals surface area contributed by atoms with Crippen LogP contribution in [0.5, 0.6) is 0 Å². The second-order valence-corrected chi connectivity index (χ2v) is 4.74. The van der Waals surface area contributed by atoms with Crippen LogP contribution in [-0.4, -0.2) is 37.3 Å². The van der Waals surface area contributed by atoms with E-state index < -0.39 is 5.54 Å². The first-order valence-electron chi connectivity index (χ1n) is 6.43. The summed E-state index contributed by atoms with van der Waals surface area (Å²) in [5.74, 6) is 0. The predicted octanol–water partition coefficient (Wildman–Crippen LogP) is -1.83. The Morgan fingerprint density at radius 2 is 1.35 bits per heavy atom. The molecule has 104 valence electrons. The molecule has 0 fully saturated rings. The van der Waals surface area contributed by atoms with Crippen molar-refractivity contribution in [3.63, 3.8) is 0 Å². The number of hydrogen-bond acceptors (Lipinski definition) is 6. The van der Waals surface area contributed by atoms with Gasteiger partial charge in [0.1, 0.15) is 0 Å². The minimum Gasteiger partial charge on any atom is -0.330 e. The zero-order chi connectivity index (χ0) is 13.3. The molecule has 0 aliphatic carbocycles. The summed E-state index contributed by atoms with van der Waals surface area (Å²) >= 11 is 0. The van der Waals surface area contributed by atoms with Gasteiger partial charge >= 0.3 is 0 Å². The van der Waals surface area contributed by atoms with Crippen molar-refractivity contribution in [1.82, 2.24) is 0 Å². The molecule has 6 nitrogen and oxygen atoms in total. The number of unbranched alkanes of at least 4 members (excludes halogenated alkanes) is 2. The standard InChI is InChI=1S/C11H30N6/c12-6-3-1-2-4-9(15)11(17,8-14)10(16)5-7-13/h9-10H,1-8,12-17H2. The van der Waals surface area contributed by atoms with Gasteiger partial charge in [-0.1, -0.05) is 12.8 Å². The SMILES string of the molecule is NCCCCCC(N)C(N)(CN)C(N)CCN. The maximum absolute atomic E-state index is 6.23. The summed E-state index contributed by atoms with van der Waals surface area (Å²) in [5, 5.41) is 0. The van der Waals surface area contributed by atoms with Crippen molar-refractivity contribution in [1.29, 1.82) is 0 Å². The second-order valence-electron chi connectivity index (χ2n) is 4.74. The molecule has 0 aromatic carbocycles. The van der Waals surface area contributed by atoms with Crippen LogP contribution in [0.25, 0.3) is 0 Å². The molecule has 0 spiro atoms. The molecule has 0 aromatic heterocycles. The van der Waals surface area contributed by atoms with Gasteiger partial charge in [0.05, 0.1) is 5.54 Å². The summed E-state index contributed by atoms with van der Waals surface area (Å²) in [6.45, 7) is 1.50. The number of rotatable bonds is 10. The van der Waals surface area contributed by atoms with Crippen molar-refractivity contribution in [3.05, 3.63) is 0 Å². The van der Waals surface area contributed by atoms with E-state index in [2.05, 4.69) is 0 Å². The third-order valence-corrected chi connectivity index (χ3v) is 3.43. The first kappa shape index (κ1) is 16.8. The van der Waals surface area contributed by atoms with Crippen LogP contribution in [0.3, 0.4) is 0 Å². The molecule has 0 radical (unpaired) electrons. The highest BCUT2D eigenvalue weighted by Crippen LogP contribution is 2.16. The molecular formula is C11H30N6. The maximum Gasteiger partial charge on any atom is 0.0585 e. The van der Waals surface area contributed by atoms with Crippen molar-refractivity contribution in [2.75, 3.05) is 19.6 Å². The average molecular weight is 246 g/mol. The molecule has 0 rings (SSSR count). The summed E-state index contributed by atoms with van der Waals surface area (Å²) in [7, 11) is 0. The Balaban J connectivity index is 4.21. The fourth-order valence-electron chi connectivity index (χ4n) is 1.98. The summed E-state index contributed by atoms with van der Waals surface area (Å²) in [6, 6.07) is -0.436. The van der Waals surface area contributed by atoms with Crippen LogP contribution >= 0.6 is 0 Å². The lowest BCUT2D eigenvalue weighted by Crippen LogP contribution is -2.69.